The molecule has 3 heterocycles. The first-order valence-corrected chi connectivity index (χ1v) is 8.96. The third-order valence-electron chi connectivity index (χ3n) is 4.73. The molecule has 24 heavy (non-hydrogen) atoms. The van der Waals surface area contributed by atoms with Crippen LogP contribution in [0, 0.1) is 13.8 Å². The molecule has 5 nitrogen and oxygen atoms in total. The molecule has 2 aromatic rings. The second-order valence-electron chi connectivity index (χ2n) is 6.53. The number of pyridine rings is 1. The van der Waals surface area contributed by atoms with Crippen molar-refractivity contribution in [1.29, 1.82) is 0 Å². The Balaban J connectivity index is 1.67. The Labute approximate surface area is 144 Å². The molecule has 0 bridgehead atoms. The summed E-state index contributed by atoms with van der Waals surface area (Å²) < 4.78 is 0. The highest BCUT2D eigenvalue weighted by Crippen LogP contribution is 2.21. The molecular formula is C19H27N5. The lowest BCUT2D eigenvalue weighted by Gasteiger charge is -2.20. The second kappa shape index (κ2) is 8.20. The van der Waals surface area contributed by atoms with Crippen LogP contribution >= 0.6 is 0 Å². The lowest BCUT2D eigenvalue weighted by atomic mass is 10.2. The highest BCUT2D eigenvalue weighted by molar-refractivity contribution is 5.58. The Morgan fingerprint density at radius 1 is 1.08 bits per heavy atom. The lowest BCUT2D eigenvalue weighted by molar-refractivity contribution is 0.296. The third kappa shape index (κ3) is 4.29. The van der Waals surface area contributed by atoms with Crippen LogP contribution in [0.25, 0.3) is 11.4 Å². The van der Waals surface area contributed by atoms with Crippen LogP contribution in [-0.2, 0) is 0 Å². The highest BCUT2D eigenvalue weighted by atomic mass is 15.1. The molecule has 1 N–H and O–H groups in total. The van der Waals surface area contributed by atoms with Crippen molar-refractivity contribution in [1.82, 2.24) is 19.9 Å². The average Bonchev–Trinajstić information content (AvgIpc) is 2.88. The predicted octanol–water partition coefficient (Wildman–Crippen LogP) is 3.44. The molecule has 0 amide bonds. The fraction of sp³-hybridized carbons (Fsp3) is 0.526. The fourth-order valence-corrected chi connectivity index (χ4v) is 3.12. The van der Waals surface area contributed by atoms with Crippen molar-refractivity contribution >= 4 is 5.82 Å². The van der Waals surface area contributed by atoms with Gasteiger partial charge in [0.15, 0.2) is 5.82 Å². The first-order chi connectivity index (χ1) is 11.7. The van der Waals surface area contributed by atoms with Gasteiger partial charge in [0.1, 0.15) is 5.82 Å². The van der Waals surface area contributed by atoms with Gasteiger partial charge in [-0.1, -0.05) is 12.8 Å². The number of likely N-dealkylation sites (tertiary alicyclic amines) is 1. The summed E-state index contributed by atoms with van der Waals surface area (Å²) in [6.07, 6.45) is 8.99. The van der Waals surface area contributed by atoms with Crippen LogP contribution in [0.1, 0.15) is 36.9 Å². The zero-order valence-electron chi connectivity index (χ0n) is 14.8. The maximum atomic E-state index is 4.72. The van der Waals surface area contributed by atoms with E-state index in [9.17, 15) is 0 Å². The van der Waals surface area contributed by atoms with Crippen LogP contribution in [0.2, 0.25) is 0 Å². The molecule has 1 fully saturated rings. The molecule has 0 unspecified atom stereocenters. The first kappa shape index (κ1) is 16.8. The van der Waals surface area contributed by atoms with Crippen LogP contribution in [-0.4, -0.2) is 46.0 Å². The van der Waals surface area contributed by atoms with Gasteiger partial charge in [0.2, 0.25) is 0 Å². The van der Waals surface area contributed by atoms with Crippen molar-refractivity contribution in [3.05, 3.63) is 35.8 Å². The molecule has 0 spiro atoms. The van der Waals surface area contributed by atoms with Gasteiger partial charge in [0, 0.05) is 42.3 Å². The molecule has 0 aromatic carbocycles. The molecule has 0 aliphatic carbocycles. The molecule has 2 aromatic heterocycles. The molecule has 0 radical (unpaired) electrons. The summed E-state index contributed by atoms with van der Waals surface area (Å²) >= 11 is 0. The fourth-order valence-electron chi connectivity index (χ4n) is 3.12. The molecule has 0 atom stereocenters. The normalized spacial score (nSPS) is 15.9. The van der Waals surface area contributed by atoms with E-state index in [-0.39, 0.29) is 0 Å². The van der Waals surface area contributed by atoms with Gasteiger partial charge in [-0.05, 0) is 51.9 Å². The minimum absolute atomic E-state index is 0.739. The van der Waals surface area contributed by atoms with E-state index >= 15 is 0 Å². The van der Waals surface area contributed by atoms with Crippen LogP contribution < -0.4 is 5.32 Å². The Bertz CT molecular complexity index is 648. The number of aromatic nitrogens is 3. The maximum Gasteiger partial charge on any atom is 0.163 e. The smallest absolute Gasteiger partial charge is 0.163 e. The number of nitrogens with zero attached hydrogens (tertiary/aromatic N) is 4. The molecule has 3 rings (SSSR count). The SMILES string of the molecule is Cc1nc(-c2cccnc2)nc(NCCN2CCCCCC2)c1C. The zero-order chi connectivity index (χ0) is 16.8. The number of hydrogen-bond donors (Lipinski definition) is 1. The van der Waals surface area contributed by atoms with Gasteiger partial charge in [-0.25, -0.2) is 9.97 Å². The molecular weight excluding hydrogens is 298 g/mol. The van der Waals surface area contributed by atoms with Gasteiger partial charge in [-0.15, -0.1) is 0 Å². The van der Waals surface area contributed by atoms with E-state index < -0.39 is 0 Å². The van der Waals surface area contributed by atoms with E-state index in [0.29, 0.717) is 0 Å². The standard InChI is InChI=1S/C19H27N5/c1-15-16(2)22-19(17-8-7-9-20-14-17)23-18(15)21-10-13-24-11-5-3-4-6-12-24/h7-9,14H,3-6,10-13H2,1-2H3,(H,21,22,23). The van der Waals surface area contributed by atoms with Crippen LogP contribution in [0.4, 0.5) is 5.82 Å². The Kier molecular flexibility index (Phi) is 5.75. The van der Waals surface area contributed by atoms with Crippen molar-refractivity contribution < 1.29 is 0 Å². The van der Waals surface area contributed by atoms with E-state index in [4.69, 9.17) is 4.98 Å². The van der Waals surface area contributed by atoms with E-state index in [1.165, 1.54) is 38.8 Å². The third-order valence-corrected chi connectivity index (χ3v) is 4.73. The van der Waals surface area contributed by atoms with Crippen molar-refractivity contribution in [2.45, 2.75) is 39.5 Å². The summed E-state index contributed by atoms with van der Waals surface area (Å²) in [6, 6.07) is 3.92. The maximum absolute atomic E-state index is 4.72. The molecule has 1 aliphatic rings. The first-order valence-electron chi connectivity index (χ1n) is 8.96. The largest absolute Gasteiger partial charge is 0.368 e. The number of nitrogens with one attached hydrogen (secondary N) is 1. The van der Waals surface area contributed by atoms with Gasteiger partial charge in [-0.3, -0.25) is 4.98 Å². The van der Waals surface area contributed by atoms with E-state index in [1.807, 2.05) is 25.3 Å². The minimum atomic E-state index is 0.739. The number of hydrogen-bond acceptors (Lipinski definition) is 5. The average molecular weight is 325 g/mol. The van der Waals surface area contributed by atoms with Crippen molar-refractivity contribution in [2.75, 3.05) is 31.5 Å². The summed E-state index contributed by atoms with van der Waals surface area (Å²) in [5.74, 6) is 1.68. The van der Waals surface area contributed by atoms with Crippen LogP contribution in [0.5, 0.6) is 0 Å². The van der Waals surface area contributed by atoms with Crippen LogP contribution in [0.3, 0.4) is 0 Å². The zero-order valence-corrected chi connectivity index (χ0v) is 14.8. The Morgan fingerprint density at radius 2 is 1.88 bits per heavy atom. The summed E-state index contributed by atoms with van der Waals surface area (Å²) in [4.78, 5) is 16.1. The Hall–Kier alpha value is -2.01. The minimum Gasteiger partial charge on any atom is -0.368 e. The number of anilines is 1. The van der Waals surface area contributed by atoms with Gasteiger partial charge >= 0.3 is 0 Å². The molecule has 1 saturated heterocycles. The summed E-state index contributed by atoms with van der Waals surface area (Å²) in [6.45, 7) is 8.57. The van der Waals surface area contributed by atoms with E-state index in [2.05, 4.69) is 27.1 Å². The van der Waals surface area contributed by atoms with Gasteiger partial charge in [0.25, 0.3) is 0 Å². The lowest BCUT2D eigenvalue weighted by Crippen LogP contribution is -2.30. The number of rotatable bonds is 5. The summed E-state index contributed by atoms with van der Waals surface area (Å²) in [7, 11) is 0. The summed E-state index contributed by atoms with van der Waals surface area (Å²) in [5, 5.41) is 3.52. The van der Waals surface area contributed by atoms with Crippen molar-refractivity contribution in [3.8, 4) is 11.4 Å². The predicted molar refractivity (Wildman–Crippen MR) is 98.1 cm³/mol. The molecule has 128 valence electrons. The second-order valence-corrected chi connectivity index (χ2v) is 6.53. The van der Waals surface area contributed by atoms with Crippen molar-refractivity contribution in [2.24, 2.45) is 0 Å². The van der Waals surface area contributed by atoms with E-state index in [1.54, 1.807) is 6.20 Å². The quantitative estimate of drug-likeness (QED) is 0.912. The molecule has 0 saturated carbocycles. The van der Waals surface area contributed by atoms with E-state index in [0.717, 1.165) is 41.6 Å². The van der Waals surface area contributed by atoms with Gasteiger partial charge in [0.05, 0.1) is 0 Å². The molecule has 1 aliphatic heterocycles. The monoisotopic (exact) mass is 325 g/mol. The summed E-state index contributed by atoms with van der Waals surface area (Å²) in [5.41, 5.74) is 3.09. The Morgan fingerprint density at radius 3 is 2.58 bits per heavy atom. The topological polar surface area (TPSA) is 53.9 Å². The van der Waals surface area contributed by atoms with Crippen molar-refractivity contribution in [3.63, 3.8) is 0 Å². The van der Waals surface area contributed by atoms with Crippen LogP contribution in [0.15, 0.2) is 24.5 Å². The highest BCUT2D eigenvalue weighted by Gasteiger charge is 2.11. The molecule has 5 heteroatoms. The number of aryl methyl sites for hydroxylation is 1. The van der Waals surface area contributed by atoms with Gasteiger partial charge < -0.3 is 10.2 Å². The van der Waals surface area contributed by atoms with Gasteiger partial charge in [-0.2, -0.15) is 0 Å².